The predicted octanol–water partition coefficient (Wildman–Crippen LogP) is 5.22. The van der Waals surface area contributed by atoms with Crippen molar-refractivity contribution in [1.29, 1.82) is 0 Å². The van der Waals surface area contributed by atoms with Crippen LogP contribution in [0.4, 0.5) is 10.5 Å². The molecule has 0 aromatic heterocycles. The average molecular weight is 688 g/mol. The van der Waals surface area contributed by atoms with Gasteiger partial charge in [0.05, 0.1) is 30.9 Å². The molecule has 3 fully saturated rings. The van der Waals surface area contributed by atoms with E-state index in [1.165, 1.54) is 12.0 Å². The molecule has 0 radical (unpaired) electrons. The van der Waals surface area contributed by atoms with E-state index in [0.29, 0.717) is 35.7 Å². The third-order valence-corrected chi connectivity index (χ3v) is 11.4. The number of nitrogens with one attached hydrogen (secondary N) is 1. The van der Waals surface area contributed by atoms with Crippen molar-refractivity contribution in [3.63, 3.8) is 0 Å². The molecule has 1 aromatic rings. The number of nitrogens with zero attached hydrogens (tertiary/aromatic N) is 2. The fourth-order valence-corrected chi connectivity index (χ4v) is 7.61. The van der Waals surface area contributed by atoms with Crippen LogP contribution in [-0.4, -0.2) is 98.3 Å². The monoisotopic (exact) mass is 687 g/mol. The number of hydrogen-bond acceptors (Lipinski definition) is 9. The number of carbonyl (C=O) groups excluding carboxylic acids is 3. The second-order valence-corrected chi connectivity index (χ2v) is 14.8. The highest BCUT2D eigenvalue weighted by atomic mass is 35.5. The lowest BCUT2D eigenvalue weighted by atomic mass is 9.84. The molecule has 1 aromatic carbocycles. The Labute approximate surface area is 288 Å². The lowest BCUT2D eigenvalue weighted by Crippen LogP contribution is -2.54. The molecule has 12 heteroatoms. The minimum absolute atomic E-state index is 0.0941. The summed E-state index contributed by atoms with van der Waals surface area (Å²) in [4.78, 5) is 44.0. The Morgan fingerprint density at radius 2 is 1.92 bits per heavy atom. The van der Waals surface area contributed by atoms with Crippen molar-refractivity contribution in [1.82, 2.24) is 10.2 Å². The number of likely N-dealkylation sites (N-methyl/N-ethyl adjacent to an activating group) is 1. The lowest BCUT2D eigenvalue weighted by Gasteiger charge is -2.36. The predicted molar refractivity (Wildman–Crippen MR) is 182 cm³/mol. The van der Waals surface area contributed by atoms with E-state index < -0.39 is 53.2 Å². The Morgan fingerprint density at radius 1 is 1.21 bits per heavy atom. The Hall–Kier alpha value is -3.12. The van der Waals surface area contributed by atoms with E-state index in [-0.39, 0.29) is 24.3 Å². The summed E-state index contributed by atoms with van der Waals surface area (Å²) in [7, 11) is 6.69. The number of hydrogen-bond donors (Lipinski definition) is 1. The first kappa shape index (κ1) is 36.2. The zero-order chi connectivity index (χ0) is 35.3. The van der Waals surface area contributed by atoms with Crippen LogP contribution >= 0.6 is 11.6 Å². The highest BCUT2D eigenvalue weighted by Gasteiger charge is 2.72. The van der Waals surface area contributed by atoms with Crippen LogP contribution in [0.25, 0.3) is 0 Å². The van der Waals surface area contributed by atoms with Gasteiger partial charge in [-0.1, -0.05) is 42.3 Å². The van der Waals surface area contributed by atoms with Crippen LogP contribution in [0, 0.1) is 5.92 Å². The van der Waals surface area contributed by atoms with E-state index in [9.17, 15) is 14.4 Å². The van der Waals surface area contributed by atoms with E-state index in [1.54, 1.807) is 21.1 Å². The summed E-state index contributed by atoms with van der Waals surface area (Å²) in [5.41, 5.74) is 0.0838. The normalized spacial score (nSPS) is 35.8. The second-order valence-electron chi connectivity index (χ2n) is 14.4. The number of benzene rings is 1. The SMILES string of the molecule is COc1cc2cc(c1Cl)N(C)C(=O)C[C@H](OC(=O)[C@H](C)N(C)C(C)C)[C@]1(C)O[C@H]1[C@H](C)C1C[C@@]3(CC3(OC)/C=C/C=C(\C)C2)NC(=O)O1. The van der Waals surface area contributed by atoms with Gasteiger partial charge in [-0.05, 0) is 65.8 Å². The number of halogens is 1. The minimum Gasteiger partial charge on any atom is -0.495 e. The molecule has 8 atom stereocenters. The van der Waals surface area contributed by atoms with Crippen LogP contribution in [0.15, 0.2) is 35.9 Å². The molecular formula is C36H50ClN3O8. The maximum absolute atomic E-state index is 14.1. The molecule has 11 nitrogen and oxygen atoms in total. The van der Waals surface area contributed by atoms with Crippen molar-refractivity contribution >= 4 is 35.3 Å². The van der Waals surface area contributed by atoms with Gasteiger partial charge in [0, 0.05) is 39.0 Å². The van der Waals surface area contributed by atoms with E-state index >= 15 is 0 Å². The van der Waals surface area contributed by atoms with Crippen molar-refractivity contribution in [2.45, 2.75) is 114 Å². The van der Waals surface area contributed by atoms with E-state index in [1.807, 2.05) is 76.9 Å². The molecular weight excluding hydrogens is 638 g/mol. The lowest BCUT2D eigenvalue weighted by molar-refractivity contribution is -0.159. The fourth-order valence-electron chi connectivity index (χ4n) is 7.29. The number of esters is 1. The Balaban J connectivity index is 1.55. The molecule has 3 aliphatic heterocycles. The van der Waals surface area contributed by atoms with E-state index in [4.69, 9.17) is 35.3 Å². The van der Waals surface area contributed by atoms with E-state index in [0.717, 1.165) is 11.1 Å². The number of amides is 2. The first-order valence-corrected chi connectivity index (χ1v) is 17.0. The average Bonchev–Trinajstić information content (AvgIpc) is 3.90. The van der Waals surface area contributed by atoms with Crippen LogP contribution in [0.1, 0.15) is 66.4 Å². The molecule has 4 bridgehead atoms. The Kier molecular flexibility index (Phi) is 10.0. The molecule has 1 saturated carbocycles. The van der Waals surface area contributed by atoms with Gasteiger partial charge in [-0.2, -0.15) is 0 Å². The topological polar surface area (TPSA) is 119 Å². The van der Waals surface area contributed by atoms with Gasteiger partial charge < -0.3 is 33.9 Å². The van der Waals surface area contributed by atoms with Crippen LogP contribution in [0.2, 0.25) is 5.02 Å². The number of methoxy groups -OCH3 is 2. The van der Waals surface area contributed by atoms with Gasteiger partial charge in [0.25, 0.3) is 0 Å². The van der Waals surface area contributed by atoms with Crippen molar-refractivity contribution < 1.29 is 38.1 Å². The van der Waals surface area contributed by atoms with Gasteiger partial charge in [0.2, 0.25) is 5.91 Å². The zero-order valence-corrected chi connectivity index (χ0v) is 30.5. The second kappa shape index (κ2) is 13.3. The largest absolute Gasteiger partial charge is 0.495 e. The standard InChI is InChI=1S/C36H50ClN3O8/c1-20(2)39(7)23(5)32(42)47-28-17-29(41)40(8)25-15-24(16-26(44-9)30(25)37)14-21(3)12-11-13-36(45-10)19-35(36)18-27(46-33(43)38-35)22(4)31-34(28,6)48-31/h11-13,15-16,20,22-23,27-28,31H,14,17-19H2,1-10H3,(H,38,43)/b13-11+,21-12+/t22-,23+,27?,28+,31+,34+,35+,36?/m1/s1. The summed E-state index contributed by atoms with van der Waals surface area (Å²) in [6.07, 6.45) is 5.09. The molecule has 1 spiro atoms. The van der Waals surface area contributed by atoms with Crippen molar-refractivity contribution in [2.75, 3.05) is 33.2 Å². The molecule has 264 valence electrons. The highest BCUT2D eigenvalue weighted by molar-refractivity contribution is 6.35. The summed E-state index contributed by atoms with van der Waals surface area (Å²) < 4.78 is 30.0. The maximum Gasteiger partial charge on any atom is 0.407 e. The first-order chi connectivity index (χ1) is 22.5. The summed E-state index contributed by atoms with van der Waals surface area (Å²) in [5.74, 6) is -0.607. The molecule has 48 heavy (non-hydrogen) atoms. The van der Waals surface area contributed by atoms with Gasteiger partial charge >= 0.3 is 12.1 Å². The highest BCUT2D eigenvalue weighted by Crippen LogP contribution is 2.58. The Morgan fingerprint density at radius 3 is 2.56 bits per heavy atom. The number of ether oxygens (including phenoxy) is 5. The zero-order valence-electron chi connectivity index (χ0n) is 29.7. The summed E-state index contributed by atoms with van der Waals surface area (Å²) in [6.45, 7) is 11.6. The first-order valence-electron chi connectivity index (χ1n) is 16.6. The summed E-state index contributed by atoms with van der Waals surface area (Å²) in [5, 5.41) is 3.34. The number of alkyl carbamates (subject to hydrolysis) is 1. The number of carbonyl (C=O) groups is 3. The quantitative estimate of drug-likeness (QED) is 0.317. The molecule has 4 aliphatic rings. The van der Waals surface area contributed by atoms with Crippen LogP contribution < -0.4 is 15.0 Å². The molecule has 2 amide bonds. The van der Waals surface area contributed by atoms with Crippen LogP contribution in [0.3, 0.4) is 0 Å². The van der Waals surface area contributed by atoms with Gasteiger partial charge in [0.15, 0.2) is 0 Å². The van der Waals surface area contributed by atoms with Gasteiger partial charge in [-0.25, -0.2) is 4.79 Å². The number of rotatable bonds is 6. The van der Waals surface area contributed by atoms with Crippen LogP contribution in [-0.2, 0) is 35.0 Å². The molecule has 2 unspecified atom stereocenters. The minimum atomic E-state index is -1.01. The molecule has 2 saturated heterocycles. The molecule has 5 rings (SSSR count). The molecule has 1 aliphatic carbocycles. The number of epoxide rings is 1. The van der Waals surface area contributed by atoms with Crippen molar-refractivity contribution in [3.8, 4) is 5.75 Å². The smallest absolute Gasteiger partial charge is 0.407 e. The fraction of sp³-hybridized carbons (Fsp3) is 0.639. The molecule has 1 N–H and O–H groups in total. The number of anilines is 1. The Bertz CT molecular complexity index is 1510. The van der Waals surface area contributed by atoms with Crippen molar-refractivity contribution in [3.05, 3.63) is 46.5 Å². The van der Waals surface area contributed by atoms with Gasteiger partial charge in [-0.15, -0.1) is 0 Å². The molecule has 3 heterocycles. The summed E-state index contributed by atoms with van der Waals surface area (Å²) in [6, 6.07) is 3.27. The maximum atomic E-state index is 14.1. The third kappa shape index (κ3) is 6.58. The number of allylic oxidation sites excluding steroid dienone is 3. The van der Waals surface area contributed by atoms with Crippen molar-refractivity contribution in [2.24, 2.45) is 5.92 Å². The number of fused-ring (bicyclic) bond motifs is 4. The summed E-state index contributed by atoms with van der Waals surface area (Å²) >= 11 is 6.77. The van der Waals surface area contributed by atoms with Gasteiger partial charge in [0.1, 0.15) is 40.2 Å². The third-order valence-electron chi connectivity index (χ3n) is 11.0. The van der Waals surface area contributed by atoms with Crippen LogP contribution in [0.5, 0.6) is 5.75 Å². The van der Waals surface area contributed by atoms with E-state index in [2.05, 4.69) is 5.32 Å². The van der Waals surface area contributed by atoms with Gasteiger partial charge in [-0.3, -0.25) is 14.5 Å².